The number of unbranched alkanes of at least 4 members (excludes halogenated alkanes) is 29. The maximum atomic E-state index is 12.9. The van der Waals surface area contributed by atoms with Crippen molar-refractivity contribution < 1.29 is 28.6 Å². The fourth-order valence-electron chi connectivity index (χ4n) is 8.27. The molecule has 408 valence electrons. The van der Waals surface area contributed by atoms with Crippen molar-refractivity contribution >= 4 is 17.9 Å². The van der Waals surface area contributed by atoms with Crippen LogP contribution in [0, 0.1) is 0 Å². The number of carbonyl (C=O) groups excluding carboxylic acids is 3. The summed E-state index contributed by atoms with van der Waals surface area (Å²) < 4.78 is 16.9. The van der Waals surface area contributed by atoms with Crippen LogP contribution >= 0.6 is 0 Å². The van der Waals surface area contributed by atoms with Crippen molar-refractivity contribution in [1.82, 2.24) is 0 Å². The fourth-order valence-corrected chi connectivity index (χ4v) is 8.27. The van der Waals surface area contributed by atoms with Crippen LogP contribution in [0.5, 0.6) is 0 Å². The number of hydrogen-bond donors (Lipinski definition) is 0. The van der Waals surface area contributed by atoms with Crippen LogP contribution in [-0.2, 0) is 28.6 Å². The summed E-state index contributed by atoms with van der Waals surface area (Å²) in [6.07, 6.45) is 77.1. The van der Waals surface area contributed by atoms with Crippen molar-refractivity contribution in [3.05, 3.63) is 85.1 Å². The number of esters is 3. The maximum absolute atomic E-state index is 12.9. The molecule has 0 aliphatic carbocycles. The summed E-state index contributed by atoms with van der Waals surface area (Å²) >= 11 is 0. The van der Waals surface area contributed by atoms with E-state index in [1.54, 1.807) is 0 Å². The lowest BCUT2D eigenvalue weighted by Crippen LogP contribution is -2.30. The van der Waals surface area contributed by atoms with Crippen LogP contribution < -0.4 is 0 Å². The summed E-state index contributed by atoms with van der Waals surface area (Å²) in [5, 5.41) is 0. The second-order valence-corrected chi connectivity index (χ2v) is 19.9. The largest absolute Gasteiger partial charge is 0.462 e. The highest BCUT2D eigenvalue weighted by molar-refractivity contribution is 5.71. The highest BCUT2D eigenvalue weighted by Crippen LogP contribution is 2.15. The first kappa shape index (κ1) is 67.6. The van der Waals surface area contributed by atoms with E-state index in [0.29, 0.717) is 12.8 Å². The fraction of sp³-hybridized carbons (Fsp3) is 0.738. The van der Waals surface area contributed by atoms with Gasteiger partial charge in [0.25, 0.3) is 0 Å². The average Bonchev–Trinajstić information content (AvgIpc) is 3.37. The first-order valence-corrected chi connectivity index (χ1v) is 30.1. The lowest BCUT2D eigenvalue weighted by molar-refractivity contribution is -0.167. The molecule has 1 atom stereocenters. The van der Waals surface area contributed by atoms with E-state index in [9.17, 15) is 14.4 Å². The van der Waals surface area contributed by atoms with Gasteiger partial charge in [0.15, 0.2) is 6.10 Å². The summed E-state index contributed by atoms with van der Waals surface area (Å²) in [5.41, 5.74) is 0. The van der Waals surface area contributed by atoms with Gasteiger partial charge in [-0.2, -0.15) is 0 Å². The van der Waals surface area contributed by atoms with Gasteiger partial charge in [-0.3, -0.25) is 14.4 Å². The Kier molecular flexibility index (Phi) is 56.3. The molecule has 0 spiro atoms. The summed E-state index contributed by atoms with van der Waals surface area (Å²) in [6, 6.07) is 0. The summed E-state index contributed by atoms with van der Waals surface area (Å²) in [4.78, 5) is 38.2. The van der Waals surface area contributed by atoms with E-state index in [0.717, 1.165) is 96.3 Å². The monoisotopic (exact) mass is 989 g/mol. The highest BCUT2D eigenvalue weighted by Gasteiger charge is 2.19. The van der Waals surface area contributed by atoms with Gasteiger partial charge in [-0.1, -0.05) is 234 Å². The quantitative estimate of drug-likeness (QED) is 0.0261. The van der Waals surface area contributed by atoms with Crippen molar-refractivity contribution in [3.63, 3.8) is 0 Å². The van der Waals surface area contributed by atoms with E-state index in [1.807, 2.05) is 0 Å². The first-order chi connectivity index (χ1) is 35.0. The molecule has 0 saturated carbocycles. The molecule has 71 heavy (non-hydrogen) atoms. The standard InChI is InChI=1S/C65H112O6/c1-4-7-10-13-16-19-22-25-28-31-32-35-38-41-44-47-50-53-56-59-65(68)71-62(60-69-63(66)57-54-51-48-45-42-39-36-33-29-26-23-20-17-14-11-8-5-2)61-70-64(67)58-55-52-49-46-43-40-37-34-30-27-24-21-18-15-12-9-6-3/h16-17,19-20,25-30,32,35,41,44,62H,4-15,18,21-24,31,33-34,36-40,42-43,45-61H2,1-3H3/b19-16-,20-17-,28-25-,29-26-,30-27-,35-32-,44-41-/t62-/m1/s1. The van der Waals surface area contributed by atoms with Crippen LogP contribution in [0.4, 0.5) is 0 Å². The van der Waals surface area contributed by atoms with Crippen molar-refractivity contribution in [1.29, 1.82) is 0 Å². The van der Waals surface area contributed by atoms with Gasteiger partial charge in [0.1, 0.15) is 13.2 Å². The van der Waals surface area contributed by atoms with Crippen LogP contribution in [0.25, 0.3) is 0 Å². The van der Waals surface area contributed by atoms with Gasteiger partial charge in [-0.25, -0.2) is 0 Å². The van der Waals surface area contributed by atoms with Crippen LogP contribution in [-0.4, -0.2) is 37.2 Å². The topological polar surface area (TPSA) is 78.9 Å². The Morgan fingerprint density at radius 1 is 0.282 bits per heavy atom. The smallest absolute Gasteiger partial charge is 0.306 e. The van der Waals surface area contributed by atoms with Crippen LogP contribution in [0.3, 0.4) is 0 Å². The molecule has 0 rings (SSSR count). The van der Waals surface area contributed by atoms with Crippen LogP contribution in [0.1, 0.15) is 290 Å². The second kappa shape index (κ2) is 59.2. The predicted molar refractivity (Wildman–Crippen MR) is 307 cm³/mol. The van der Waals surface area contributed by atoms with E-state index < -0.39 is 6.10 Å². The molecule has 0 saturated heterocycles. The molecule has 0 bridgehead atoms. The molecule has 0 N–H and O–H groups in total. The maximum Gasteiger partial charge on any atom is 0.306 e. The third-order valence-corrected chi connectivity index (χ3v) is 12.8. The normalized spacial score (nSPS) is 12.7. The van der Waals surface area contributed by atoms with Gasteiger partial charge in [0.2, 0.25) is 0 Å². The Morgan fingerprint density at radius 3 is 0.845 bits per heavy atom. The molecule has 0 aliphatic heterocycles. The highest BCUT2D eigenvalue weighted by atomic mass is 16.6. The molecule has 0 aromatic heterocycles. The second-order valence-electron chi connectivity index (χ2n) is 19.9. The number of carbonyl (C=O) groups is 3. The van der Waals surface area contributed by atoms with Crippen molar-refractivity contribution in [2.24, 2.45) is 0 Å². The van der Waals surface area contributed by atoms with E-state index in [2.05, 4.69) is 106 Å². The zero-order valence-corrected chi connectivity index (χ0v) is 46.7. The van der Waals surface area contributed by atoms with E-state index in [4.69, 9.17) is 14.2 Å². The molecule has 0 aromatic carbocycles. The molecular formula is C65H112O6. The zero-order valence-electron chi connectivity index (χ0n) is 46.7. The van der Waals surface area contributed by atoms with E-state index >= 15 is 0 Å². The number of allylic oxidation sites excluding steroid dienone is 14. The molecule has 6 heteroatoms. The molecule has 0 amide bonds. The average molecular weight is 990 g/mol. The molecule has 6 nitrogen and oxygen atoms in total. The number of ether oxygens (including phenoxy) is 3. The third kappa shape index (κ3) is 57.4. The molecule has 0 unspecified atom stereocenters. The minimum Gasteiger partial charge on any atom is -0.462 e. The van der Waals surface area contributed by atoms with E-state index in [-0.39, 0.29) is 37.5 Å². The minimum absolute atomic E-state index is 0.0940. The van der Waals surface area contributed by atoms with Gasteiger partial charge >= 0.3 is 17.9 Å². The Balaban J connectivity index is 4.47. The molecule has 0 aliphatic rings. The Morgan fingerprint density at radius 2 is 0.507 bits per heavy atom. The Labute approximate surface area is 439 Å². The summed E-state index contributed by atoms with van der Waals surface area (Å²) in [6.45, 7) is 6.57. The van der Waals surface area contributed by atoms with Crippen LogP contribution in [0.2, 0.25) is 0 Å². The minimum atomic E-state index is -0.800. The Hall–Kier alpha value is -3.41. The molecule has 0 heterocycles. The third-order valence-electron chi connectivity index (χ3n) is 12.8. The van der Waals surface area contributed by atoms with Crippen molar-refractivity contribution in [2.45, 2.75) is 297 Å². The lowest BCUT2D eigenvalue weighted by Gasteiger charge is -2.18. The zero-order chi connectivity index (χ0) is 51.4. The predicted octanol–water partition coefficient (Wildman–Crippen LogP) is 20.3. The lowest BCUT2D eigenvalue weighted by atomic mass is 10.1. The van der Waals surface area contributed by atoms with Crippen molar-refractivity contribution in [3.8, 4) is 0 Å². The van der Waals surface area contributed by atoms with Crippen LogP contribution in [0.15, 0.2) is 85.1 Å². The first-order valence-electron chi connectivity index (χ1n) is 30.1. The Bertz CT molecular complexity index is 1370. The summed E-state index contributed by atoms with van der Waals surface area (Å²) in [5.74, 6) is -0.929. The van der Waals surface area contributed by atoms with E-state index in [1.165, 1.54) is 154 Å². The molecule has 0 fully saturated rings. The van der Waals surface area contributed by atoms with Crippen molar-refractivity contribution in [2.75, 3.05) is 13.2 Å². The molecule has 0 aromatic rings. The molecule has 0 radical (unpaired) electrons. The van der Waals surface area contributed by atoms with Gasteiger partial charge in [0, 0.05) is 19.3 Å². The molecular weight excluding hydrogens is 877 g/mol. The van der Waals surface area contributed by atoms with Gasteiger partial charge < -0.3 is 14.2 Å². The SMILES string of the molecule is CCCCC/C=C\C/C=C\C/C=C\C/C=C\CCCCCC(=O)O[C@H](COC(=O)CCCCCCCCC/C=C\C/C=C\CCCCC)COC(=O)CCCCCCCCC/C=C\CCCCCCCC. The summed E-state index contributed by atoms with van der Waals surface area (Å²) in [7, 11) is 0. The number of rotatable bonds is 54. The number of hydrogen-bond acceptors (Lipinski definition) is 6. The van der Waals surface area contributed by atoms with Gasteiger partial charge in [0.05, 0.1) is 0 Å². The van der Waals surface area contributed by atoms with Gasteiger partial charge in [-0.15, -0.1) is 0 Å². The van der Waals surface area contributed by atoms with Gasteiger partial charge in [-0.05, 0) is 122 Å².